The molecule has 0 radical (unpaired) electrons. The van der Waals surface area contributed by atoms with Crippen molar-refractivity contribution < 1.29 is 18.7 Å². The molecule has 138 valence electrons. The Balaban J connectivity index is 1.59. The van der Waals surface area contributed by atoms with Crippen molar-refractivity contribution in [2.75, 3.05) is 0 Å². The van der Waals surface area contributed by atoms with E-state index in [-0.39, 0.29) is 36.7 Å². The Morgan fingerprint density at radius 2 is 1.92 bits per heavy atom. The van der Waals surface area contributed by atoms with E-state index in [9.17, 15) is 9.18 Å². The third-order valence-corrected chi connectivity index (χ3v) is 5.56. The van der Waals surface area contributed by atoms with E-state index in [1.807, 2.05) is 31.7 Å². The lowest BCUT2D eigenvalue weighted by Crippen LogP contribution is -2.50. The molecular weight excluding hydrogens is 389 g/mol. The van der Waals surface area contributed by atoms with Gasteiger partial charge in [0.25, 0.3) is 0 Å². The van der Waals surface area contributed by atoms with E-state index in [1.54, 1.807) is 6.07 Å². The van der Waals surface area contributed by atoms with Crippen LogP contribution in [-0.2, 0) is 16.1 Å². The summed E-state index contributed by atoms with van der Waals surface area (Å²) in [5.74, 6) is -0.261. The van der Waals surface area contributed by atoms with Crippen LogP contribution in [0.2, 0.25) is 0 Å². The van der Waals surface area contributed by atoms with Gasteiger partial charge in [-0.1, -0.05) is 22.0 Å². The second kappa shape index (κ2) is 7.23. The number of amides is 1. The van der Waals surface area contributed by atoms with Crippen molar-refractivity contribution in [1.29, 1.82) is 0 Å². The minimum Gasteiger partial charge on any atom is -0.444 e. The third-order valence-electron chi connectivity index (χ3n) is 4.82. The minimum absolute atomic E-state index is 0.0442. The second-order valence-corrected chi connectivity index (χ2v) is 8.73. The minimum atomic E-state index is -0.485. The summed E-state index contributed by atoms with van der Waals surface area (Å²) < 4.78 is 26.2. The van der Waals surface area contributed by atoms with Gasteiger partial charge in [0.05, 0.1) is 12.7 Å². The molecule has 2 aliphatic heterocycles. The van der Waals surface area contributed by atoms with Crippen molar-refractivity contribution in [3.63, 3.8) is 0 Å². The van der Waals surface area contributed by atoms with E-state index in [1.165, 1.54) is 6.07 Å². The summed E-state index contributed by atoms with van der Waals surface area (Å²) in [5, 5.41) is 0. The van der Waals surface area contributed by atoms with E-state index < -0.39 is 5.60 Å². The first-order chi connectivity index (χ1) is 11.7. The van der Waals surface area contributed by atoms with Gasteiger partial charge in [0.15, 0.2) is 0 Å². The highest BCUT2D eigenvalue weighted by Crippen LogP contribution is 2.38. The Morgan fingerprint density at radius 1 is 1.28 bits per heavy atom. The fourth-order valence-electron chi connectivity index (χ4n) is 3.75. The molecule has 3 rings (SSSR count). The zero-order valence-corrected chi connectivity index (χ0v) is 16.5. The van der Waals surface area contributed by atoms with E-state index in [2.05, 4.69) is 15.9 Å². The van der Waals surface area contributed by atoms with Crippen LogP contribution in [0.5, 0.6) is 0 Å². The fraction of sp³-hybridized carbons (Fsp3) is 0.632. The monoisotopic (exact) mass is 413 g/mol. The maximum absolute atomic E-state index is 13.9. The maximum Gasteiger partial charge on any atom is 0.410 e. The molecule has 2 atom stereocenters. The van der Waals surface area contributed by atoms with Crippen LogP contribution in [0, 0.1) is 5.82 Å². The molecule has 4 nitrogen and oxygen atoms in total. The molecule has 2 unspecified atom stereocenters. The molecule has 2 bridgehead atoms. The van der Waals surface area contributed by atoms with Crippen molar-refractivity contribution in [3.05, 3.63) is 34.1 Å². The van der Waals surface area contributed by atoms with Gasteiger partial charge in [-0.25, -0.2) is 9.18 Å². The van der Waals surface area contributed by atoms with Crippen LogP contribution >= 0.6 is 15.9 Å². The molecule has 0 spiro atoms. The van der Waals surface area contributed by atoms with Crippen molar-refractivity contribution in [3.8, 4) is 0 Å². The summed E-state index contributed by atoms with van der Waals surface area (Å²) in [4.78, 5) is 14.3. The molecule has 1 aromatic carbocycles. The Bertz CT molecular complexity index is 612. The number of piperidine rings is 1. The topological polar surface area (TPSA) is 38.8 Å². The summed E-state index contributed by atoms with van der Waals surface area (Å²) in [5.41, 5.74) is 0.0606. The van der Waals surface area contributed by atoms with E-state index >= 15 is 0 Å². The number of carbonyl (C=O) groups is 1. The first-order valence-electron chi connectivity index (χ1n) is 8.80. The third kappa shape index (κ3) is 4.34. The molecule has 0 aromatic heterocycles. The summed E-state index contributed by atoms with van der Waals surface area (Å²) in [6.45, 7) is 5.89. The van der Waals surface area contributed by atoms with Gasteiger partial charge in [-0.2, -0.15) is 0 Å². The first-order valence-corrected chi connectivity index (χ1v) is 9.59. The van der Waals surface area contributed by atoms with Crippen LogP contribution < -0.4 is 0 Å². The quantitative estimate of drug-likeness (QED) is 0.696. The Hall–Kier alpha value is -1.14. The highest BCUT2D eigenvalue weighted by atomic mass is 79.9. The number of rotatable bonds is 3. The van der Waals surface area contributed by atoms with Crippen LogP contribution in [-0.4, -0.2) is 34.8 Å². The predicted molar refractivity (Wildman–Crippen MR) is 96.8 cm³/mol. The number of hydrogen-bond donors (Lipinski definition) is 0. The van der Waals surface area contributed by atoms with Crippen molar-refractivity contribution in [1.82, 2.24) is 4.90 Å². The standard InChI is InChI=1S/C19H25BrFNO3/c1-19(2,3)25-18(23)22-12-7-8-13(22)10-14(9-12)24-11-15-16(20)5-4-6-17(15)21/h4-6,12-14H,7-11H2,1-3H3. The van der Waals surface area contributed by atoms with Crippen LogP contribution in [0.15, 0.2) is 22.7 Å². The largest absolute Gasteiger partial charge is 0.444 e. The zero-order valence-electron chi connectivity index (χ0n) is 14.9. The van der Waals surface area contributed by atoms with Crippen molar-refractivity contribution in [2.45, 2.75) is 76.9 Å². The van der Waals surface area contributed by atoms with Crippen molar-refractivity contribution in [2.24, 2.45) is 0 Å². The first kappa shape index (κ1) is 18.6. The molecule has 25 heavy (non-hydrogen) atoms. The molecule has 6 heteroatoms. The lowest BCUT2D eigenvalue weighted by molar-refractivity contribution is -0.0402. The SMILES string of the molecule is CC(C)(C)OC(=O)N1C2CCC1CC(OCc1c(F)cccc1Br)C2. The van der Waals surface area contributed by atoms with Gasteiger partial charge < -0.3 is 14.4 Å². The molecule has 2 heterocycles. The van der Waals surface area contributed by atoms with E-state index in [0.29, 0.717) is 5.56 Å². The molecule has 2 fully saturated rings. The average Bonchev–Trinajstić information content (AvgIpc) is 2.76. The van der Waals surface area contributed by atoms with E-state index in [4.69, 9.17) is 9.47 Å². The molecule has 0 saturated carbocycles. The predicted octanol–water partition coefficient (Wildman–Crippen LogP) is 5.04. The van der Waals surface area contributed by atoms with E-state index in [0.717, 1.165) is 30.2 Å². The molecule has 1 aromatic rings. The summed E-state index contributed by atoms with van der Waals surface area (Å²) in [6.07, 6.45) is 3.34. The van der Waals surface area contributed by atoms with Crippen LogP contribution in [0.25, 0.3) is 0 Å². The molecule has 0 aliphatic carbocycles. The van der Waals surface area contributed by atoms with Gasteiger partial charge in [-0.3, -0.25) is 0 Å². The number of ether oxygens (including phenoxy) is 2. The number of carbonyl (C=O) groups excluding carboxylic acids is 1. The lowest BCUT2D eigenvalue weighted by atomic mass is 10.00. The van der Waals surface area contributed by atoms with Crippen LogP contribution in [0.1, 0.15) is 52.0 Å². The number of nitrogens with zero attached hydrogens (tertiary/aromatic N) is 1. The van der Waals surface area contributed by atoms with Gasteiger partial charge in [-0.05, 0) is 58.6 Å². The molecule has 0 N–H and O–H groups in total. The molecule has 2 saturated heterocycles. The van der Waals surface area contributed by atoms with Gasteiger partial charge in [-0.15, -0.1) is 0 Å². The number of hydrogen-bond acceptors (Lipinski definition) is 3. The molecule has 1 amide bonds. The Labute approximate surface area is 156 Å². The number of halogens is 2. The van der Waals surface area contributed by atoms with Gasteiger partial charge in [0.2, 0.25) is 0 Å². The summed E-state index contributed by atoms with van der Waals surface area (Å²) >= 11 is 3.38. The van der Waals surface area contributed by atoms with Crippen molar-refractivity contribution >= 4 is 22.0 Å². The van der Waals surface area contributed by atoms with Crippen LogP contribution in [0.3, 0.4) is 0 Å². The van der Waals surface area contributed by atoms with Gasteiger partial charge in [0, 0.05) is 22.1 Å². The fourth-order valence-corrected chi connectivity index (χ4v) is 4.20. The zero-order chi connectivity index (χ0) is 18.2. The number of benzene rings is 1. The Kier molecular flexibility index (Phi) is 5.40. The number of fused-ring (bicyclic) bond motifs is 2. The van der Waals surface area contributed by atoms with Gasteiger partial charge >= 0.3 is 6.09 Å². The maximum atomic E-state index is 13.9. The summed E-state index contributed by atoms with van der Waals surface area (Å²) in [7, 11) is 0. The second-order valence-electron chi connectivity index (χ2n) is 7.88. The summed E-state index contributed by atoms with van der Waals surface area (Å²) in [6, 6.07) is 5.24. The average molecular weight is 414 g/mol. The Morgan fingerprint density at radius 3 is 2.48 bits per heavy atom. The molecular formula is C19H25BrFNO3. The highest BCUT2D eigenvalue weighted by Gasteiger charge is 2.45. The lowest BCUT2D eigenvalue weighted by Gasteiger charge is -2.39. The van der Waals surface area contributed by atoms with Crippen LogP contribution in [0.4, 0.5) is 9.18 Å². The van der Waals surface area contributed by atoms with Gasteiger partial charge in [0.1, 0.15) is 11.4 Å². The molecule has 2 aliphatic rings. The highest BCUT2D eigenvalue weighted by molar-refractivity contribution is 9.10. The normalized spacial score (nSPS) is 26.0. The smallest absolute Gasteiger partial charge is 0.410 e.